The van der Waals surface area contributed by atoms with E-state index in [9.17, 15) is 4.79 Å². The Bertz CT molecular complexity index is 369. The van der Waals surface area contributed by atoms with Crippen LogP contribution in [0.5, 0.6) is 0 Å². The van der Waals surface area contributed by atoms with Gasteiger partial charge in [0.05, 0.1) is 4.88 Å². The van der Waals surface area contributed by atoms with E-state index < -0.39 is 0 Å². The van der Waals surface area contributed by atoms with E-state index in [0.717, 1.165) is 30.6 Å². The second-order valence-corrected chi connectivity index (χ2v) is 6.24. The molecule has 1 aromatic rings. The second-order valence-electron chi connectivity index (χ2n) is 4.33. The number of carbonyl (C=O) groups is 1. The van der Waals surface area contributed by atoms with Crippen molar-refractivity contribution in [3.05, 3.63) is 21.9 Å². The molecule has 1 saturated carbocycles. The summed E-state index contributed by atoms with van der Waals surface area (Å²) >= 11 is 7.58. The van der Waals surface area contributed by atoms with Crippen LogP contribution in [0.15, 0.2) is 12.1 Å². The summed E-state index contributed by atoms with van der Waals surface area (Å²) in [5, 5.41) is 3.38. The molecule has 88 valence electrons. The van der Waals surface area contributed by atoms with Crippen molar-refractivity contribution in [2.24, 2.45) is 0 Å². The van der Waals surface area contributed by atoms with Gasteiger partial charge < -0.3 is 5.32 Å². The third-order valence-corrected chi connectivity index (χ3v) is 4.39. The molecule has 2 nitrogen and oxygen atoms in total. The SMILES string of the molecule is Cc1ccc(C(=O)NC2CCC(Cl)CC2)s1. The normalized spacial score (nSPS) is 25.4. The summed E-state index contributed by atoms with van der Waals surface area (Å²) in [5.74, 6) is 0.0659. The fourth-order valence-electron chi connectivity index (χ4n) is 2.01. The summed E-state index contributed by atoms with van der Waals surface area (Å²) in [4.78, 5) is 13.9. The van der Waals surface area contributed by atoms with Crippen molar-refractivity contribution >= 4 is 28.8 Å². The van der Waals surface area contributed by atoms with Crippen LogP contribution in [0, 0.1) is 6.92 Å². The van der Waals surface area contributed by atoms with Crippen molar-refractivity contribution < 1.29 is 4.79 Å². The van der Waals surface area contributed by atoms with Gasteiger partial charge in [0.25, 0.3) is 5.91 Å². The van der Waals surface area contributed by atoms with Crippen LogP contribution in [0.1, 0.15) is 40.2 Å². The molecule has 0 radical (unpaired) electrons. The molecule has 0 bridgehead atoms. The van der Waals surface area contributed by atoms with Gasteiger partial charge in [0, 0.05) is 16.3 Å². The molecular formula is C12H16ClNOS. The zero-order chi connectivity index (χ0) is 11.5. The first-order valence-electron chi connectivity index (χ1n) is 5.66. The van der Waals surface area contributed by atoms with Gasteiger partial charge in [-0.05, 0) is 44.7 Å². The third-order valence-electron chi connectivity index (χ3n) is 2.96. The summed E-state index contributed by atoms with van der Waals surface area (Å²) in [7, 11) is 0. The average molecular weight is 258 g/mol. The van der Waals surface area contributed by atoms with E-state index in [-0.39, 0.29) is 5.91 Å². The molecular weight excluding hydrogens is 242 g/mol. The monoisotopic (exact) mass is 257 g/mol. The number of alkyl halides is 1. The first-order valence-corrected chi connectivity index (χ1v) is 6.92. The van der Waals surface area contributed by atoms with Crippen molar-refractivity contribution in [2.45, 2.75) is 44.0 Å². The van der Waals surface area contributed by atoms with Gasteiger partial charge >= 0.3 is 0 Å². The fourth-order valence-corrected chi connectivity index (χ4v) is 3.03. The van der Waals surface area contributed by atoms with Gasteiger partial charge in [0.1, 0.15) is 0 Å². The molecule has 4 heteroatoms. The molecule has 0 spiro atoms. The Kier molecular flexibility index (Phi) is 3.87. The summed E-state index contributed by atoms with van der Waals surface area (Å²) in [6, 6.07) is 4.18. The number of nitrogens with one attached hydrogen (secondary N) is 1. The second kappa shape index (κ2) is 5.19. The van der Waals surface area contributed by atoms with Crippen LogP contribution in [-0.2, 0) is 0 Å². The minimum atomic E-state index is 0.0659. The molecule has 1 aliphatic carbocycles. The summed E-state index contributed by atoms with van der Waals surface area (Å²) < 4.78 is 0. The first kappa shape index (κ1) is 11.9. The van der Waals surface area contributed by atoms with Gasteiger partial charge in [-0.25, -0.2) is 0 Å². The number of thiophene rings is 1. The number of hydrogen-bond acceptors (Lipinski definition) is 2. The average Bonchev–Trinajstić information content (AvgIpc) is 2.68. The van der Waals surface area contributed by atoms with Gasteiger partial charge in [-0.2, -0.15) is 0 Å². The summed E-state index contributed by atoms with van der Waals surface area (Å²) in [6.45, 7) is 2.01. The van der Waals surface area contributed by atoms with E-state index >= 15 is 0 Å². The Hall–Kier alpha value is -0.540. The van der Waals surface area contributed by atoms with E-state index in [4.69, 9.17) is 11.6 Å². The first-order chi connectivity index (χ1) is 7.65. The Morgan fingerprint density at radius 3 is 2.62 bits per heavy atom. The van der Waals surface area contributed by atoms with Crippen molar-refractivity contribution in [1.82, 2.24) is 5.32 Å². The maximum absolute atomic E-state index is 11.9. The number of aryl methyl sites for hydroxylation is 1. The van der Waals surface area contributed by atoms with Crippen molar-refractivity contribution in [1.29, 1.82) is 0 Å². The van der Waals surface area contributed by atoms with E-state index in [1.54, 1.807) is 11.3 Å². The predicted molar refractivity (Wildman–Crippen MR) is 68.4 cm³/mol. The van der Waals surface area contributed by atoms with Crippen molar-refractivity contribution in [2.75, 3.05) is 0 Å². The van der Waals surface area contributed by atoms with Crippen LogP contribution in [0.25, 0.3) is 0 Å². The fraction of sp³-hybridized carbons (Fsp3) is 0.583. The Balaban J connectivity index is 1.88. The van der Waals surface area contributed by atoms with E-state index in [2.05, 4.69) is 5.32 Å². The summed E-state index contributed by atoms with van der Waals surface area (Å²) in [5.41, 5.74) is 0. The highest BCUT2D eigenvalue weighted by molar-refractivity contribution is 7.13. The minimum absolute atomic E-state index is 0.0659. The molecule has 1 fully saturated rings. The molecule has 0 aliphatic heterocycles. The topological polar surface area (TPSA) is 29.1 Å². The van der Waals surface area contributed by atoms with Gasteiger partial charge in [0.15, 0.2) is 0 Å². The van der Waals surface area contributed by atoms with E-state index in [1.165, 1.54) is 4.88 Å². The largest absolute Gasteiger partial charge is 0.349 e. The lowest BCUT2D eigenvalue weighted by Crippen LogP contribution is -2.37. The Morgan fingerprint density at radius 2 is 2.06 bits per heavy atom. The molecule has 1 aliphatic rings. The number of hydrogen-bond donors (Lipinski definition) is 1. The molecule has 1 amide bonds. The lowest BCUT2D eigenvalue weighted by Gasteiger charge is -2.25. The minimum Gasteiger partial charge on any atom is -0.349 e. The molecule has 0 saturated heterocycles. The van der Waals surface area contributed by atoms with Gasteiger partial charge in [-0.1, -0.05) is 0 Å². The molecule has 1 N–H and O–H groups in total. The summed E-state index contributed by atoms with van der Waals surface area (Å²) in [6.07, 6.45) is 4.03. The number of amides is 1. The molecule has 0 aromatic carbocycles. The quantitative estimate of drug-likeness (QED) is 0.809. The molecule has 1 aromatic heterocycles. The van der Waals surface area contributed by atoms with Crippen LogP contribution < -0.4 is 5.32 Å². The van der Waals surface area contributed by atoms with E-state index in [1.807, 2.05) is 19.1 Å². The van der Waals surface area contributed by atoms with Crippen LogP contribution >= 0.6 is 22.9 Å². The van der Waals surface area contributed by atoms with Crippen LogP contribution in [0.4, 0.5) is 0 Å². The van der Waals surface area contributed by atoms with Gasteiger partial charge in [-0.3, -0.25) is 4.79 Å². The molecule has 16 heavy (non-hydrogen) atoms. The molecule has 0 atom stereocenters. The predicted octanol–water partition coefficient (Wildman–Crippen LogP) is 3.34. The smallest absolute Gasteiger partial charge is 0.261 e. The maximum atomic E-state index is 11.9. The van der Waals surface area contributed by atoms with Crippen LogP contribution in [-0.4, -0.2) is 17.3 Å². The standard InChI is InChI=1S/C12H16ClNOS/c1-8-2-7-11(16-8)12(15)14-10-5-3-9(13)4-6-10/h2,7,9-10H,3-6H2,1H3,(H,14,15). The highest BCUT2D eigenvalue weighted by atomic mass is 35.5. The molecule has 1 heterocycles. The highest BCUT2D eigenvalue weighted by Gasteiger charge is 2.21. The zero-order valence-electron chi connectivity index (χ0n) is 9.33. The number of carbonyl (C=O) groups excluding carboxylic acids is 1. The molecule has 2 rings (SSSR count). The third kappa shape index (κ3) is 2.98. The zero-order valence-corrected chi connectivity index (χ0v) is 10.9. The van der Waals surface area contributed by atoms with Crippen molar-refractivity contribution in [3.63, 3.8) is 0 Å². The van der Waals surface area contributed by atoms with Crippen molar-refractivity contribution in [3.8, 4) is 0 Å². The van der Waals surface area contributed by atoms with Gasteiger partial charge in [0.2, 0.25) is 0 Å². The van der Waals surface area contributed by atoms with Crippen LogP contribution in [0.3, 0.4) is 0 Å². The maximum Gasteiger partial charge on any atom is 0.261 e. The highest BCUT2D eigenvalue weighted by Crippen LogP contribution is 2.23. The number of rotatable bonds is 2. The Labute approximate surface area is 105 Å². The van der Waals surface area contributed by atoms with Gasteiger partial charge in [-0.15, -0.1) is 22.9 Å². The van der Waals surface area contributed by atoms with Crippen LogP contribution in [0.2, 0.25) is 0 Å². The lowest BCUT2D eigenvalue weighted by atomic mass is 9.95. The molecule has 0 unspecified atom stereocenters. The number of halogens is 1. The van der Waals surface area contributed by atoms with E-state index in [0.29, 0.717) is 11.4 Å². The Morgan fingerprint density at radius 1 is 1.38 bits per heavy atom. The lowest BCUT2D eigenvalue weighted by molar-refractivity contribution is 0.0932.